The Bertz CT molecular complexity index is 608. The van der Waals surface area contributed by atoms with Gasteiger partial charge in [0.25, 0.3) is 5.91 Å². The Morgan fingerprint density at radius 1 is 1.00 bits per heavy atom. The number of nitrogens with one attached hydrogen (secondary N) is 1. The quantitative estimate of drug-likeness (QED) is 0.846. The van der Waals surface area contributed by atoms with Gasteiger partial charge in [0.05, 0.1) is 0 Å². The third-order valence-electron chi connectivity index (χ3n) is 2.53. The lowest BCUT2D eigenvalue weighted by atomic mass is 10.1. The molecule has 0 bridgehead atoms. The number of halogens is 1. The van der Waals surface area contributed by atoms with Crippen LogP contribution in [0.25, 0.3) is 0 Å². The van der Waals surface area contributed by atoms with Crippen LogP contribution in [0.4, 0.5) is 10.1 Å². The van der Waals surface area contributed by atoms with Crippen molar-refractivity contribution in [1.29, 1.82) is 0 Å². The first-order valence-corrected chi connectivity index (χ1v) is 5.94. The molecule has 0 aliphatic carbocycles. The average Bonchev–Trinajstić information content (AvgIpc) is 2.41. The van der Waals surface area contributed by atoms with Gasteiger partial charge >= 0.3 is 0 Å². The second-order valence-corrected chi connectivity index (χ2v) is 4.34. The van der Waals surface area contributed by atoms with Gasteiger partial charge in [-0.3, -0.25) is 4.79 Å². The van der Waals surface area contributed by atoms with E-state index in [2.05, 4.69) is 5.32 Å². The van der Waals surface area contributed by atoms with Crippen LogP contribution in [0.15, 0.2) is 48.5 Å². The number of rotatable bonds is 3. The molecule has 0 aromatic heterocycles. The fourth-order valence-corrected chi connectivity index (χ4v) is 1.66. The zero-order chi connectivity index (χ0) is 13.8. The fraction of sp³-hybridized carbons (Fsp3) is 0. The number of thiocarbonyl (C=S) groups is 1. The molecule has 0 atom stereocenters. The summed E-state index contributed by atoms with van der Waals surface area (Å²) in [6.07, 6.45) is 0. The highest BCUT2D eigenvalue weighted by molar-refractivity contribution is 7.80. The molecule has 19 heavy (non-hydrogen) atoms. The Labute approximate surface area is 115 Å². The van der Waals surface area contributed by atoms with Crippen LogP contribution in [-0.2, 0) is 0 Å². The molecule has 2 aromatic carbocycles. The monoisotopic (exact) mass is 274 g/mol. The third kappa shape index (κ3) is 3.35. The lowest BCUT2D eigenvalue weighted by Crippen LogP contribution is -2.13. The fourth-order valence-electron chi connectivity index (χ4n) is 1.52. The van der Waals surface area contributed by atoms with Crippen molar-refractivity contribution < 1.29 is 9.18 Å². The predicted octanol–water partition coefficient (Wildman–Crippen LogP) is 2.71. The normalized spacial score (nSPS) is 9.95. The molecular formula is C14H11FN2OS. The van der Waals surface area contributed by atoms with Crippen LogP contribution >= 0.6 is 12.2 Å². The first-order chi connectivity index (χ1) is 9.06. The van der Waals surface area contributed by atoms with E-state index in [9.17, 15) is 9.18 Å². The Kier molecular flexibility index (Phi) is 3.87. The second kappa shape index (κ2) is 5.58. The van der Waals surface area contributed by atoms with Gasteiger partial charge in [0.15, 0.2) is 0 Å². The Balaban J connectivity index is 2.11. The van der Waals surface area contributed by atoms with E-state index in [0.29, 0.717) is 16.8 Å². The van der Waals surface area contributed by atoms with Crippen molar-refractivity contribution in [2.45, 2.75) is 0 Å². The summed E-state index contributed by atoms with van der Waals surface area (Å²) in [7, 11) is 0. The molecule has 0 saturated carbocycles. The minimum atomic E-state index is -0.348. The molecule has 0 aliphatic heterocycles. The molecule has 0 unspecified atom stereocenters. The van der Waals surface area contributed by atoms with Crippen molar-refractivity contribution in [3.8, 4) is 0 Å². The average molecular weight is 274 g/mol. The zero-order valence-corrected chi connectivity index (χ0v) is 10.7. The van der Waals surface area contributed by atoms with Gasteiger partial charge in [0.2, 0.25) is 0 Å². The molecule has 0 fully saturated rings. The molecule has 3 nitrogen and oxygen atoms in total. The molecule has 1 amide bonds. The number of carbonyl (C=O) groups excluding carboxylic acids is 1. The Morgan fingerprint density at radius 3 is 2.05 bits per heavy atom. The molecule has 0 saturated heterocycles. The summed E-state index contributed by atoms with van der Waals surface area (Å²) in [5.41, 5.74) is 7.18. The summed E-state index contributed by atoms with van der Waals surface area (Å²) in [6.45, 7) is 0. The van der Waals surface area contributed by atoms with Crippen LogP contribution < -0.4 is 11.1 Å². The summed E-state index contributed by atoms with van der Waals surface area (Å²) in [5.74, 6) is -0.625. The van der Waals surface area contributed by atoms with E-state index >= 15 is 0 Å². The summed E-state index contributed by atoms with van der Waals surface area (Å²) in [5, 5.41) is 2.66. The third-order valence-corrected chi connectivity index (χ3v) is 2.77. The van der Waals surface area contributed by atoms with E-state index in [4.69, 9.17) is 18.0 Å². The summed E-state index contributed by atoms with van der Waals surface area (Å²) >= 11 is 4.83. The first-order valence-electron chi connectivity index (χ1n) is 5.53. The standard InChI is InChI=1S/C14H11FN2OS/c15-11-5-7-12(8-6-11)17-14(18)10-3-1-9(2-4-10)13(16)19/h1-8H,(H2,16,19)(H,17,18). The zero-order valence-electron chi connectivity index (χ0n) is 9.89. The number of hydrogen-bond acceptors (Lipinski definition) is 2. The highest BCUT2D eigenvalue weighted by Crippen LogP contribution is 2.11. The van der Waals surface area contributed by atoms with Crippen molar-refractivity contribution in [2.75, 3.05) is 5.32 Å². The number of carbonyl (C=O) groups is 1. The Hall–Kier alpha value is -2.27. The molecule has 0 radical (unpaired) electrons. The number of hydrogen-bond donors (Lipinski definition) is 2. The number of nitrogens with two attached hydrogens (primary N) is 1. The van der Waals surface area contributed by atoms with Gasteiger partial charge in [-0.05, 0) is 36.4 Å². The maximum Gasteiger partial charge on any atom is 0.255 e. The van der Waals surface area contributed by atoms with Crippen molar-refractivity contribution in [3.63, 3.8) is 0 Å². The van der Waals surface area contributed by atoms with Crippen LogP contribution in [0, 0.1) is 5.82 Å². The smallest absolute Gasteiger partial charge is 0.255 e. The first kappa shape index (κ1) is 13.2. The number of benzene rings is 2. The van der Waals surface area contributed by atoms with Gasteiger partial charge in [-0.15, -0.1) is 0 Å². The lowest BCUT2D eigenvalue weighted by Gasteiger charge is -2.06. The van der Waals surface area contributed by atoms with Gasteiger partial charge in [-0.2, -0.15) is 0 Å². The molecule has 2 aromatic rings. The van der Waals surface area contributed by atoms with Gasteiger partial charge in [-0.1, -0.05) is 24.4 Å². The van der Waals surface area contributed by atoms with Crippen LogP contribution in [-0.4, -0.2) is 10.9 Å². The van der Waals surface area contributed by atoms with Crippen LogP contribution in [0.1, 0.15) is 15.9 Å². The van der Waals surface area contributed by atoms with Crippen LogP contribution in [0.5, 0.6) is 0 Å². The van der Waals surface area contributed by atoms with Crippen LogP contribution in [0.3, 0.4) is 0 Å². The van der Waals surface area contributed by atoms with Gasteiger partial charge in [0.1, 0.15) is 10.8 Å². The highest BCUT2D eigenvalue weighted by Gasteiger charge is 2.06. The molecule has 0 aliphatic rings. The van der Waals surface area contributed by atoms with Gasteiger partial charge in [0, 0.05) is 16.8 Å². The molecule has 3 N–H and O–H groups in total. The Morgan fingerprint density at radius 2 is 1.53 bits per heavy atom. The molecular weight excluding hydrogens is 263 g/mol. The van der Waals surface area contributed by atoms with E-state index in [1.54, 1.807) is 24.3 Å². The van der Waals surface area contributed by atoms with Crippen molar-refractivity contribution in [2.24, 2.45) is 5.73 Å². The summed E-state index contributed by atoms with van der Waals surface area (Å²) in [4.78, 5) is 12.2. The molecule has 2 rings (SSSR count). The van der Waals surface area contributed by atoms with E-state index in [1.807, 2.05) is 0 Å². The minimum absolute atomic E-state index is 0.277. The second-order valence-electron chi connectivity index (χ2n) is 3.90. The number of anilines is 1. The molecule has 5 heteroatoms. The maximum absolute atomic E-state index is 12.7. The highest BCUT2D eigenvalue weighted by atomic mass is 32.1. The van der Waals surface area contributed by atoms with E-state index < -0.39 is 0 Å². The van der Waals surface area contributed by atoms with E-state index in [1.165, 1.54) is 24.3 Å². The summed E-state index contributed by atoms with van der Waals surface area (Å²) < 4.78 is 12.7. The molecule has 96 valence electrons. The summed E-state index contributed by atoms with van der Waals surface area (Å²) in [6, 6.07) is 12.2. The number of amides is 1. The van der Waals surface area contributed by atoms with Gasteiger partial charge in [-0.25, -0.2) is 4.39 Å². The van der Waals surface area contributed by atoms with Crippen molar-refractivity contribution >= 4 is 28.8 Å². The topological polar surface area (TPSA) is 55.1 Å². The lowest BCUT2D eigenvalue weighted by molar-refractivity contribution is 0.102. The van der Waals surface area contributed by atoms with Crippen LogP contribution in [0.2, 0.25) is 0 Å². The van der Waals surface area contributed by atoms with Crippen molar-refractivity contribution in [1.82, 2.24) is 0 Å². The van der Waals surface area contributed by atoms with E-state index in [0.717, 1.165) is 0 Å². The minimum Gasteiger partial charge on any atom is -0.389 e. The SMILES string of the molecule is NC(=S)c1ccc(C(=O)Nc2ccc(F)cc2)cc1. The maximum atomic E-state index is 12.7. The molecule has 0 spiro atoms. The van der Waals surface area contributed by atoms with Crippen molar-refractivity contribution in [3.05, 3.63) is 65.5 Å². The van der Waals surface area contributed by atoms with E-state index in [-0.39, 0.29) is 16.7 Å². The van der Waals surface area contributed by atoms with Gasteiger partial charge < -0.3 is 11.1 Å². The predicted molar refractivity (Wildman–Crippen MR) is 76.7 cm³/mol. The molecule has 0 heterocycles. The largest absolute Gasteiger partial charge is 0.389 e.